The molecule has 30 heavy (non-hydrogen) atoms. The van der Waals surface area contributed by atoms with Crippen molar-refractivity contribution in [1.82, 2.24) is 10.2 Å². The summed E-state index contributed by atoms with van der Waals surface area (Å²) < 4.78 is 0. The first-order valence-corrected chi connectivity index (χ1v) is 11.5. The molecule has 0 spiro atoms. The van der Waals surface area contributed by atoms with E-state index in [-0.39, 0.29) is 17.9 Å². The molecule has 1 aliphatic heterocycles. The molecule has 0 radical (unpaired) electrons. The third kappa shape index (κ3) is 3.36. The van der Waals surface area contributed by atoms with Crippen molar-refractivity contribution in [3.05, 3.63) is 71.8 Å². The van der Waals surface area contributed by atoms with Gasteiger partial charge in [0.15, 0.2) is 5.60 Å². The smallest absolute Gasteiger partial charge is 0.257 e. The van der Waals surface area contributed by atoms with Crippen molar-refractivity contribution >= 4 is 5.91 Å². The third-order valence-corrected chi connectivity index (χ3v) is 7.86. The summed E-state index contributed by atoms with van der Waals surface area (Å²) in [5, 5.41) is 14.9. The van der Waals surface area contributed by atoms with Crippen LogP contribution in [-0.4, -0.2) is 35.0 Å². The van der Waals surface area contributed by atoms with Crippen LogP contribution in [0.4, 0.5) is 0 Å². The second kappa shape index (κ2) is 7.82. The lowest BCUT2D eigenvalue weighted by molar-refractivity contribution is -0.147. The topological polar surface area (TPSA) is 52.6 Å². The fourth-order valence-electron chi connectivity index (χ4n) is 5.88. The molecule has 3 fully saturated rings. The number of aliphatic hydroxyl groups is 1. The summed E-state index contributed by atoms with van der Waals surface area (Å²) in [5.74, 6) is 0.822. The van der Waals surface area contributed by atoms with Crippen LogP contribution in [0.2, 0.25) is 0 Å². The van der Waals surface area contributed by atoms with Gasteiger partial charge in [-0.15, -0.1) is 0 Å². The Kier molecular flexibility index (Phi) is 5.16. The van der Waals surface area contributed by atoms with Gasteiger partial charge in [0.05, 0.1) is 0 Å². The zero-order chi connectivity index (χ0) is 20.7. The predicted octanol–water partition coefficient (Wildman–Crippen LogP) is 3.87. The van der Waals surface area contributed by atoms with Gasteiger partial charge in [0.2, 0.25) is 0 Å². The summed E-state index contributed by atoms with van der Waals surface area (Å²) in [6.45, 7) is 4.29. The maximum atomic E-state index is 13.4. The zero-order valence-electron chi connectivity index (χ0n) is 17.7. The summed E-state index contributed by atoms with van der Waals surface area (Å²) in [6.07, 6.45) is 4.01. The molecule has 3 aliphatic rings. The van der Waals surface area contributed by atoms with Gasteiger partial charge < -0.3 is 10.4 Å². The molecule has 2 saturated carbocycles. The number of nitrogens with zero attached hydrogens (tertiary/aromatic N) is 1. The number of hydrogen-bond donors (Lipinski definition) is 2. The standard InChI is InChI=1S/C26H32N2O2/c1-18(19-10-4-2-5-11-19)28-16-22-23(17-28)24(22)27-25(29)26(30,21-14-8-9-15-21)20-12-6-3-7-13-20/h2-7,10-13,18,21-24,30H,8-9,14-17H2,1H3,(H,27,29)/t18?,22-,23?,24+,26?/m0/s1. The van der Waals surface area contributed by atoms with Crippen LogP contribution in [0.5, 0.6) is 0 Å². The molecule has 0 bridgehead atoms. The molecule has 5 atom stereocenters. The molecular formula is C26H32N2O2. The lowest BCUT2D eigenvalue weighted by atomic mass is 9.79. The first kappa shape index (κ1) is 19.8. The van der Waals surface area contributed by atoms with Gasteiger partial charge in [-0.3, -0.25) is 9.69 Å². The maximum Gasteiger partial charge on any atom is 0.257 e. The largest absolute Gasteiger partial charge is 0.375 e. The summed E-state index contributed by atoms with van der Waals surface area (Å²) in [4.78, 5) is 15.9. The van der Waals surface area contributed by atoms with Gasteiger partial charge in [-0.2, -0.15) is 0 Å². The summed E-state index contributed by atoms with van der Waals surface area (Å²) in [6, 6.07) is 20.8. The van der Waals surface area contributed by atoms with Crippen molar-refractivity contribution in [3.63, 3.8) is 0 Å². The van der Waals surface area contributed by atoms with E-state index in [1.807, 2.05) is 30.3 Å². The molecule has 1 amide bonds. The van der Waals surface area contributed by atoms with Gasteiger partial charge in [0.1, 0.15) is 0 Å². The van der Waals surface area contributed by atoms with E-state index in [0.717, 1.165) is 44.3 Å². The highest BCUT2D eigenvalue weighted by Crippen LogP contribution is 2.49. The van der Waals surface area contributed by atoms with Crippen LogP contribution in [0.3, 0.4) is 0 Å². The molecule has 3 unspecified atom stereocenters. The number of piperidine rings is 1. The highest BCUT2D eigenvalue weighted by atomic mass is 16.3. The third-order valence-electron chi connectivity index (χ3n) is 7.86. The Hall–Kier alpha value is -2.17. The second-order valence-electron chi connectivity index (χ2n) is 9.48. The van der Waals surface area contributed by atoms with E-state index in [1.54, 1.807) is 0 Å². The number of benzene rings is 2. The van der Waals surface area contributed by atoms with E-state index < -0.39 is 5.60 Å². The van der Waals surface area contributed by atoms with Crippen LogP contribution < -0.4 is 5.32 Å². The van der Waals surface area contributed by atoms with Crippen LogP contribution in [-0.2, 0) is 10.4 Å². The van der Waals surface area contributed by atoms with Crippen molar-refractivity contribution in [2.75, 3.05) is 13.1 Å². The summed E-state index contributed by atoms with van der Waals surface area (Å²) >= 11 is 0. The molecular weight excluding hydrogens is 372 g/mol. The zero-order valence-corrected chi connectivity index (χ0v) is 17.7. The Morgan fingerprint density at radius 3 is 2.17 bits per heavy atom. The molecule has 5 rings (SSSR count). The normalized spacial score (nSPS) is 29.2. The van der Waals surface area contributed by atoms with E-state index in [1.165, 1.54) is 5.56 Å². The number of fused-ring (bicyclic) bond motifs is 1. The van der Waals surface area contributed by atoms with Crippen molar-refractivity contribution in [2.45, 2.75) is 50.3 Å². The van der Waals surface area contributed by atoms with Crippen LogP contribution in [0, 0.1) is 17.8 Å². The minimum atomic E-state index is -1.41. The van der Waals surface area contributed by atoms with Crippen molar-refractivity contribution in [1.29, 1.82) is 0 Å². The average Bonchev–Trinajstić information content (AvgIpc) is 3.22. The minimum Gasteiger partial charge on any atom is -0.375 e. The Balaban J connectivity index is 1.25. The molecule has 4 nitrogen and oxygen atoms in total. The van der Waals surface area contributed by atoms with Crippen molar-refractivity contribution in [3.8, 4) is 0 Å². The van der Waals surface area contributed by atoms with Crippen LogP contribution in [0.15, 0.2) is 60.7 Å². The quantitative estimate of drug-likeness (QED) is 0.768. The van der Waals surface area contributed by atoms with Gasteiger partial charge >= 0.3 is 0 Å². The van der Waals surface area contributed by atoms with Gasteiger partial charge in [-0.1, -0.05) is 73.5 Å². The first-order valence-electron chi connectivity index (χ1n) is 11.5. The molecule has 158 valence electrons. The van der Waals surface area contributed by atoms with Crippen LogP contribution >= 0.6 is 0 Å². The lowest BCUT2D eigenvalue weighted by Gasteiger charge is -2.34. The van der Waals surface area contributed by atoms with Crippen molar-refractivity contribution in [2.24, 2.45) is 17.8 Å². The van der Waals surface area contributed by atoms with E-state index in [9.17, 15) is 9.90 Å². The number of likely N-dealkylation sites (tertiary alicyclic amines) is 1. The molecule has 2 aromatic carbocycles. The SMILES string of the molecule is CC(c1ccccc1)N1CC2[C@H](C1)[C@H]2NC(=O)C(O)(c1ccccc1)C1CCCC1. The fraction of sp³-hybridized carbons (Fsp3) is 0.500. The minimum absolute atomic E-state index is 0.00749. The average molecular weight is 405 g/mol. The van der Waals surface area contributed by atoms with E-state index in [2.05, 4.69) is 47.5 Å². The Bertz CT molecular complexity index is 868. The Labute approximate surface area is 179 Å². The first-order chi connectivity index (χ1) is 14.6. The molecule has 4 heteroatoms. The highest BCUT2D eigenvalue weighted by molar-refractivity contribution is 5.87. The number of rotatable bonds is 6. The molecule has 1 heterocycles. The monoisotopic (exact) mass is 404 g/mol. The number of hydrogen-bond acceptors (Lipinski definition) is 3. The number of carbonyl (C=O) groups excluding carboxylic acids is 1. The molecule has 1 saturated heterocycles. The second-order valence-corrected chi connectivity index (χ2v) is 9.48. The molecule has 2 aromatic rings. The Morgan fingerprint density at radius 2 is 1.57 bits per heavy atom. The maximum absolute atomic E-state index is 13.4. The van der Waals surface area contributed by atoms with Gasteiger partial charge in [0.25, 0.3) is 5.91 Å². The molecule has 2 aliphatic carbocycles. The molecule has 2 N–H and O–H groups in total. The van der Waals surface area contributed by atoms with Crippen LogP contribution in [0.25, 0.3) is 0 Å². The highest BCUT2D eigenvalue weighted by Gasteiger charge is 2.59. The van der Waals surface area contributed by atoms with Gasteiger partial charge in [-0.25, -0.2) is 0 Å². The number of carbonyl (C=O) groups is 1. The van der Waals surface area contributed by atoms with Gasteiger partial charge in [-0.05, 0) is 42.7 Å². The van der Waals surface area contributed by atoms with E-state index >= 15 is 0 Å². The number of amides is 1. The van der Waals surface area contributed by atoms with Crippen molar-refractivity contribution < 1.29 is 9.90 Å². The van der Waals surface area contributed by atoms with E-state index in [0.29, 0.717) is 17.9 Å². The van der Waals surface area contributed by atoms with Gasteiger partial charge in [0, 0.05) is 31.1 Å². The van der Waals surface area contributed by atoms with Crippen LogP contribution in [0.1, 0.15) is 49.8 Å². The lowest BCUT2D eigenvalue weighted by Crippen LogP contribution is -2.51. The fourth-order valence-corrected chi connectivity index (χ4v) is 5.88. The summed E-state index contributed by atoms with van der Waals surface area (Å²) in [7, 11) is 0. The molecule has 0 aromatic heterocycles. The Morgan fingerprint density at radius 1 is 1.00 bits per heavy atom. The number of nitrogens with one attached hydrogen (secondary N) is 1. The van der Waals surface area contributed by atoms with E-state index in [4.69, 9.17) is 0 Å². The predicted molar refractivity (Wildman–Crippen MR) is 118 cm³/mol. The summed E-state index contributed by atoms with van der Waals surface area (Å²) in [5.41, 5.74) is 0.671.